The van der Waals surface area contributed by atoms with Crippen LogP contribution < -0.4 is 5.56 Å². The van der Waals surface area contributed by atoms with Gasteiger partial charge in [0, 0.05) is 23.3 Å². The Balaban J connectivity index is 1.66. The zero-order chi connectivity index (χ0) is 18.9. The maximum absolute atomic E-state index is 13.6. The van der Waals surface area contributed by atoms with Crippen molar-refractivity contribution in [1.29, 1.82) is 0 Å². The molecule has 0 radical (unpaired) electrons. The van der Waals surface area contributed by atoms with Crippen LogP contribution in [0.1, 0.15) is 12.8 Å². The van der Waals surface area contributed by atoms with Gasteiger partial charge in [-0.15, -0.1) is 11.3 Å². The molecule has 0 unspecified atom stereocenters. The highest BCUT2D eigenvalue weighted by Gasteiger charge is 2.21. The molecule has 1 aliphatic heterocycles. The summed E-state index contributed by atoms with van der Waals surface area (Å²) in [5.41, 5.74) is 1.54. The number of hydrogen-bond acceptors (Lipinski definition) is 6. The Hall–Kier alpha value is -2.35. The number of thioether (sulfide) groups is 1. The molecule has 1 aromatic carbocycles. The molecule has 142 valence electrons. The number of hydrogen-bond donors (Lipinski definition) is 0. The molecule has 5 nitrogen and oxygen atoms in total. The van der Waals surface area contributed by atoms with Gasteiger partial charge in [0.2, 0.25) is 0 Å². The topological polar surface area (TPSA) is 57.3 Å². The van der Waals surface area contributed by atoms with Crippen LogP contribution in [0.5, 0.6) is 0 Å². The van der Waals surface area contributed by atoms with Crippen LogP contribution in [0.3, 0.4) is 0 Å². The van der Waals surface area contributed by atoms with Crippen LogP contribution in [0.2, 0.25) is 0 Å². The van der Waals surface area contributed by atoms with Crippen LogP contribution in [-0.4, -0.2) is 28.0 Å². The number of ether oxygens (including phenoxy) is 1. The third kappa shape index (κ3) is 3.19. The third-order valence-corrected chi connectivity index (χ3v) is 6.74. The molecule has 4 aromatic rings. The van der Waals surface area contributed by atoms with Gasteiger partial charge in [-0.1, -0.05) is 30.0 Å². The number of aromatic nitrogens is 2. The number of furan rings is 1. The van der Waals surface area contributed by atoms with E-state index in [1.54, 1.807) is 22.6 Å². The van der Waals surface area contributed by atoms with Gasteiger partial charge in [0.1, 0.15) is 10.6 Å². The van der Waals surface area contributed by atoms with Gasteiger partial charge in [0.15, 0.2) is 5.16 Å². The first kappa shape index (κ1) is 17.7. The van der Waals surface area contributed by atoms with E-state index in [-0.39, 0.29) is 11.7 Å². The molecule has 0 saturated carbocycles. The fourth-order valence-corrected chi connectivity index (χ4v) is 5.48. The van der Waals surface area contributed by atoms with Crippen molar-refractivity contribution in [2.45, 2.75) is 24.1 Å². The molecular weight excluding hydrogens is 392 g/mol. The SMILES string of the molecule is O=c1c2c(-c3ccco3)csc2nc(SC[C@@H]2CCCO2)n1-c1ccccc1. The van der Waals surface area contributed by atoms with Crippen molar-refractivity contribution < 1.29 is 9.15 Å². The first-order valence-corrected chi connectivity index (χ1v) is 11.1. The smallest absolute Gasteiger partial charge is 0.268 e. The minimum Gasteiger partial charge on any atom is -0.464 e. The van der Waals surface area contributed by atoms with Gasteiger partial charge in [0.05, 0.1) is 23.4 Å². The molecular formula is C21H18N2O3S2. The number of rotatable bonds is 5. The van der Waals surface area contributed by atoms with Crippen LogP contribution in [0.15, 0.2) is 68.5 Å². The molecule has 1 aliphatic rings. The molecule has 0 bridgehead atoms. The molecule has 0 amide bonds. The molecule has 0 N–H and O–H groups in total. The van der Waals surface area contributed by atoms with Crippen molar-refractivity contribution in [3.8, 4) is 17.0 Å². The zero-order valence-electron chi connectivity index (χ0n) is 15.0. The quantitative estimate of drug-likeness (QED) is 0.343. The van der Waals surface area contributed by atoms with Crippen molar-refractivity contribution in [2.24, 2.45) is 0 Å². The second-order valence-electron chi connectivity index (χ2n) is 6.62. The molecule has 3 aromatic heterocycles. The van der Waals surface area contributed by atoms with E-state index < -0.39 is 0 Å². The van der Waals surface area contributed by atoms with Gasteiger partial charge in [0.25, 0.3) is 5.56 Å². The van der Waals surface area contributed by atoms with E-state index in [1.165, 1.54) is 11.3 Å². The number of benzene rings is 1. The van der Waals surface area contributed by atoms with Gasteiger partial charge in [-0.05, 0) is 37.1 Å². The Morgan fingerprint density at radius 3 is 2.86 bits per heavy atom. The highest BCUT2D eigenvalue weighted by Crippen LogP contribution is 2.33. The van der Waals surface area contributed by atoms with E-state index in [9.17, 15) is 4.79 Å². The molecule has 4 heterocycles. The Labute approximate surface area is 170 Å². The van der Waals surface area contributed by atoms with Crippen molar-refractivity contribution >= 4 is 33.3 Å². The van der Waals surface area contributed by atoms with Crippen molar-refractivity contribution in [1.82, 2.24) is 9.55 Å². The number of thiophene rings is 1. The summed E-state index contributed by atoms with van der Waals surface area (Å²) in [6.07, 6.45) is 4.00. The molecule has 1 atom stereocenters. The van der Waals surface area contributed by atoms with Gasteiger partial charge in [-0.2, -0.15) is 0 Å². The van der Waals surface area contributed by atoms with Crippen LogP contribution in [0.25, 0.3) is 27.2 Å². The summed E-state index contributed by atoms with van der Waals surface area (Å²) in [5, 5.41) is 3.25. The lowest BCUT2D eigenvalue weighted by molar-refractivity contribution is 0.129. The monoisotopic (exact) mass is 410 g/mol. The van der Waals surface area contributed by atoms with Crippen LogP contribution >= 0.6 is 23.1 Å². The normalized spacial score (nSPS) is 16.8. The molecule has 0 spiro atoms. The average Bonchev–Trinajstić information content (AvgIpc) is 3.47. The van der Waals surface area contributed by atoms with E-state index in [2.05, 4.69) is 0 Å². The zero-order valence-corrected chi connectivity index (χ0v) is 16.7. The molecule has 0 aliphatic carbocycles. The average molecular weight is 411 g/mol. The molecule has 1 fully saturated rings. The van der Waals surface area contributed by atoms with E-state index in [1.807, 2.05) is 47.8 Å². The molecule has 28 heavy (non-hydrogen) atoms. The van der Waals surface area contributed by atoms with Crippen LogP contribution in [0, 0.1) is 0 Å². The van der Waals surface area contributed by atoms with Gasteiger partial charge in [-0.25, -0.2) is 4.98 Å². The van der Waals surface area contributed by atoms with E-state index in [4.69, 9.17) is 14.1 Å². The van der Waals surface area contributed by atoms with Crippen molar-refractivity contribution in [3.05, 3.63) is 64.5 Å². The predicted octanol–water partition coefficient (Wildman–Crippen LogP) is 4.98. The first-order valence-electron chi connectivity index (χ1n) is 9.19. The first-order chi connectivity index (χ1) is 13.8. The minimum absolute atomic E-state index is 0.0707. The lowest BCUT2D eigenvalue weighted by Crippen LogP contribution is -2.22. The Morgan fingerprint density at radius 2 is 2.11 bits per heavy atom. The second-order valence-corrected chi connectivity index (χ2v) is 8.47. The summed E-state index contributed by atoms with van der Waals surface area (Å²) in [6, 6.07) is 13.4. The predicted molar refractivity (Wildman–Crippen MR) is 113 cm³/mol. The largest absolute Gasteiger partial charge is 0.464 e. The van der Waals surface area contributed by atoms with Gasteiger partial charge in [-0.3, -0.25) is 9.36 Å². The summed E-state index contributed by atoms with van der Waals surface area (Å²) in [7, 11) is 0. The maximum atomic E-state index is 13.6. The van der Waals surface area contributed by atoms with E-state index in [0.717, 1.165) is 41.3 Å². The summed E-state index contributed by atoms with van der Waals surface area (Å²) >= 11 is 3.06. The highest BCUT2D eigenvalue weighted by atomic mass is 32.2. The Morgan fingerprint density at radius 1 is 1.21 bits per heavy atom. The van der Waals surface area contributed by atoms with Gasteiger partial charge < -0.3 is 9.15 Å². The number of fused-ring (bicyclic) bond motifs is 1. The lowest BCUT2D eigenvalue weighted by atomic mass is 10.2. The van der Waals surface area contributed by atoms with E-state index >= 15 is 0 Å². The lowest BCUT2D eigenvalue weighted by Gasteiger charge is -2.14. The van der Waals surface area contributed by atoms with Crippen LogP contribution in [0.4, 0.5) is 0 Å². The number of nitrogens with zero attached hydrogens (tertiary/aromatic N) is 2. The maximum Gasteiger partial charge on any atom is 0.268 e. The Bertz CT molecular complexity index is 1140. The van der Waals surface area contributed by atoms with E-state index in [0.29, 0.717) is 16.3 Å². The fourth-order valence-electron chi connectivity index (χ4n) is 3.43. The second kappa shape index (κ2) is 7.58. The third-order valence-electron chi connectivity index (χ3n) is 4.80. The standard InChI is InChI=1S/C21H18N2O3S2/c24-20-18-16(17-9-5-11-26-17)13-27-19(18)22-21(28-12-15-8-4-10-25-15)23(20)14-6-2-1-3-7-14/h1-3,5-7,9,11,13,15H,4,8,10,12H2/t15-/m0/s1. The summed E-state index contributed by atoms with van der Waals surface area (Å²) in [4.78, 5) is 19.2. The molecule has 5 rings (SSSR count). The summed E-state index contributed by atoms with van der Waals surface area (Å²) in [5.74, 6) is 1.48. The summed E-state index contributed by atoms with van der Waals surface area (Å²) < 4.78 is 13.0. The minimum atomic E-state index is -0.0707. The highest BCUT2D eigenvalue weighted by molar-refractivity contribution is 7.99. The fraction of sp³-hybridized carbons (Fsp3) is 0.238. The van der Waals surface area contributed by atoms with Crippen LogP contribution in [-0.2, 0) is 4.74 Å². The van der Waals surface area contributed by atoms with Crippen molar-refractivity contribution in [2.75, 3.05) is 12.4 Å². The molecule has 1 saturated heterocycles. The Kier molecular flexibility index (Phi) is 4.80. The molecule has 7 heteroatoms. The number of para-hydroxylation sites is 1. The van der Waals surface area contributed by atoms with Crippen molar-refractivity contribution in [3.63, 3.8) is 0 Å². The van der Waals surface area contributed by atoms with Gasteiger partial charge >= 0.3 is 0 Å². The summed E-state index contributed by atoms with van der Waals surface area (Å²) in [6.45, 7) is 0.820.